The fraction of sp³-hybridized carbons (Fsp3) is 0.600. The van der Waals surface area contributed by atoms with Crippen LogP contribution < -0.4 is 5.32 Å². The summed E-state index contributed by atoms with van der Waals surface area (Å²) in [5, 5.41) is 7.32. The smallest absolute Gasteiger partial charge is 0.226 e. The summed E-state index contributed by atoms with van der Waals surface area (Å²) >= 11 is 0. The van der Waals surface area contributed by atoms with Crippen molar-refractivity contribution >= 4 is 11.6 Å². The van der Waals surface area contributed by atoms with Crippen molar-refractivity contribution in [3.63, 3.8) is 0 Å². The molecule has 26 heavy (non-hydrogen) atoms. The highest BCUT2D eigenvalue weighted by molar-refractivity contribution is 6.01. The molecule has 2 aliphatic rings. The second-order valence-corrected chi connectivity index (χ2v) is 7.36. The van der Waals surface area contributed by atoms with Gasteiger partial charge in [0.2, 0.25) is 5.91 Å². The van der Waals surface area contributed by atoms with E-state index in [2.05, 4.69) is 17.4 Å². The van der Waals surface area contributed by atoms with Crippen LogP contribution in [0.15, 0.2) is 29.4 Å². The highest BCUT2D eigenvalue weighted by Crippen LogP contribution is 2.38. The number of rotatable bonds is 6. The average molecular weight is 362 g/mol. The number of ether oxygens (including phenoxy) is 1. The summed E-state index contributed by atoms with van der Waals surface area (Å²) in [5.41, 5.74) is 1.19. The minimum absolute atomic E-state index is 0.0917. The van der Waals surface area contributed by atoms with E-state index in [1.807, 2.05) is 6.92 Å². The number of hydrogen-bond donors (Lipinski definition) is 1. The third kappa shape index (κ3) is 4.23. The van der Waals surface area contributed by atoms with Crippen molar-refractivity contribution in [2.45, 2.75) is 58.1 Å². The van der Waals surface area contributed by atoms with Gasteiger partial charge in [0, 0.05) is 32.1 Å². The molecule has 0 radical (unpaired) electrons. The number of nitrogens with one attached hydrogen (secondary N) is 1. The Morgan fingerprint density at radius 1 is 1.35 bits per heavy atom. The first-order chi connectivity index (χ1) is 12.5. The van der Waals surface area contributed by atoms with Crippen LogP contribution in [0.2, 0.25) is 0 Å². The van der Waals surface area contributed by atoms with Crippen LogP contribution in [0.4, 0.5) is 4.39 Å². The summed E-state index contributed by atoms with van der Waals surface area (Å²) in [6.07, 6.45) is 3.39. The standard InChI is InChI=1S/C20H27FN2O3/c1-3-14(2)22-19(24)20(8-10-25-11-9-20)13-17-12-18(23-26-17)15-4-6-16(21)7-5-15/h4-7,14,17H,3,8-13H2,1-2H3,(H,22,24)/t14-,17+/m1/s1. The number of oxime groups is 1. The second-order valence-electron chi connectivity index (χ2n) is 7.36. The number of carbonyl (C=O) groups excluding carboxylic acids is 1. The molecule has 0 saturated carbocycles. The lowest BCUT2D eigenvalue weighted by Crippen LogP contribution is -2.48. The molecule has 0 spiro atoms. The molecule has 5 nitrogen and oxygen atoms in total. The molecule has 3 rings (SSSR count). The summed E-state index contributed by atoms with van der Waals surface area (Å²) in [6, 6.07) is 6.41. The topological polar surface area (TPSA) is 59.9 Å². The molecular weight excluding hydrogens is 335 g/mol. The van der Waals surface area contributed by atoms with E-state index in [1.165, 1.54) is 12.1 Å². The maximum Gasteiger partial charge on any atom is 0.226 e. The molecule has 1 fully saturated rings. The molecule has 6 heteroatoms. The van der Waals surface area contributed by atoms with Crippen LogP contribution in [0.25, 0.3) is 0 Å². The highest BCUT2D eigenvalue weighted by atomic mass is 19.1. The van der Waals surface area contributed by atoms with Crippen molar-refractivity contribution in [1.82, 2.24) is 5.32 Å². The Morgan fingerprint density at radius 3 is 2.69 bits per heavy atom. The van der Waals surface area contributed by atoms with Gasteiger partial charge < -0.3 is 14.9 Å². The van der Waals surface area contributed by atoms with E-state index in [1.54, 1.807) is 12.1 Å². The molecule has 1 aromatic rings. The summed E-state index contributed by atoms with van der Waals surface area (Å²) < 4.78 is 18.6. The highest BCUT2D eigenvalue weighted by Gasteiger charge is 2.43. The molecule has 0 aromatic heterocycles. The molecule has 1 N–H and O–H groups in total. The fourth-order valence-electron chi connectivity index (χ4n) is 3.55. The van der Waals surface area contributed by atoms with Crippen molar-refractivity contribution in [1.29, 1.82) is 0 Å². The van der Waals surface area contributed by atoms with Gasteiger partial charge in [0.1, 0.15) is 11.9 Å². The summed E-state index contributed by atoms with van der Waals surface area (Å²) in [7, 11) is 0. The van der Waals surface area contributed by atoms with Gasteiger partial charge in [0.05, 0.1) is 11.1 Å². The van der Waals surface area contributed by atoms with Gasteiger partial charge in [-0.25, -0.2) is 4.39 Å². The first-order valence-electron chi connectivity index (χ1n) is 9.40. The average Bonchev–Trinajstić information content (AvgIpc) is 3.11. The van der Waals surface area contributed by atoms with Crippen LogP contribution in [-0.2, 0) is 14.4 Å². The molecule has 1 saturated heterocycles. The number of amides is 1. The van der Waals surface area contributed by atoms with Crippen molar-refractivity contribution < 1.29 is 18.8 Å². The van der Waals surface area contributed by atoms with E-state index in [0.717, 1.165) is 17.7 Å². The number of halogens is 1. The first kappa shape index (κ1) is 18.8. The van der Waals surface area contributed by atoms with Crippen molar-refractivity contribution in [3.05, 3.63) is 35.6 Å². The Hall–Kier alpha value is -1.95. The largest absolute Gasteiger partial charge is 0.392 e. The molecule has 2 aliphatic heterocycles. The Balaban J connectivity index is 1.66. The molecule has 0 bridgehead atoms. The fourth-order valence-corrected chi connectivity index (χ4v) is 3.55. The zero-order chi connectivity index (χ0) is 18.6. The molecule has 1 amide bonds. The number of nitrogens with zero attached hydrogens (tertiary/aromatic N) is 1. The van der Waals surface area contributed by atoms with Crippen molar-refractivity contribution in [2.75, 3.05) is 13.2 Å². The Bertz CT molecular complexity index is 654. The zero-order valence-corrected chi connectivity index (χ0v) is 15.5. The van der Waals surface area contributed by atoms with Crippen LogP contribution in [-0.4, -0.2) is 37.0 Å². The summed E-state index contributed by atoms with van der Waals surface area (Å²) in [5.74, 6) is -0.179. The summed E-state index contributed by atoms with van der Waals surface area (Å²) in [6.45, 7) is 5.26. The van der Waals surface area contributed by atoms with E-state index >= 15 is 0 Å². The van der Waals surface area contributed by atoms with Gasteiger partial charge in [0.25, 0.3) is 0 Å². The summed E-state index contributed by atoms with van der Waals surface area (Å²) in [4.78, 5) is 18.6. The van der Waals surface area contributed by atoms with Crippen LogP contribution in [0.5, 0.6) is 0 Å². The van der Waals surface area contributed by atoms with E-state index in [0.29, 0.717) is 38.9 Å². The minimum atomic E-state index is -0.472. The van der Waals surface area contributed by atoms with Crippen LogP contribution in [0.1, 0.15) is 51.5 Å². The molecule has 2 atom stereocenters. The normalized spacial score (nSPS) is 23.0. The lowest BCUT2D eigenvalue weighted by molar-refractivity contribution is -0.140. The van der Waals surface area contributed by atoms with Gasteiger partial charge in [-0.2, -0.15) is 0 Å². The van der Waals surface area contributed by atoms with Gasteiger partial charge in [-0.15, -0.1) is 0 Å². The lowest BCUT2D eigenvalue weighted by Gasteiger charge is -2.37. The second kappa shape index (κ2) is 8.16. The maximum absolute atomic E-state index is 13.1. The molecule has 1 aromatic carbocycles. The Labute approximate surface area is 153 Å². The number of benzene rings is 1. The predicted octanol–water partition coefficient (Wildman–Crippen LogP) is 3.42. The van der Waals surface area contributed by atoms with Crippen molar-refractivity contribution in [2.24, 2.45) is 10.6 Å². The molecule has 0 unspecified atom stereocenters. The zero-order valence-electron chi connectivity index (χ0n) is 15.5. The first-order valence-corrected chi connectivity index (χ1v) is 9.40. The van der Waals surface area contributed by atoms with E-state index in [4.69, 9.17) is 9.57 Å². The molecule has 2 heterocycles. The maximum atomic E-state index is 13.1. The van der Waals surface area contributed by atoms with Gasteiger partial charge in [-0.1, -0.05) is 24.2 Å². The number of carbonyl (C=O) groups is 1. The van der Waals surface area contributed by atoms with Crippen LogP contribution in [0, 0.1) is 11.2 Å². The van der Waals surface area contributed by atoms with Crippen LogP contribution in [0.3, 0.4) is 0 Å². The molecule has 0 aliphatic carbocycles. The molecule has 142 valence electrons. The number of hydrogen-bond acceptors (Lipinski definition) is 4. The van der Waals surface area contributed by atoms with E-state index < -0.39 is 5.41 Å². The molecular formula is C20H27FN2O3. The van der Waals surface area contributed by atoms with Crippen LogP contribution >= 0.6 is 0 Å². The van der Waals surface area contributed by atoms with Crippen molar-refractivity contribution in [3.8, 4) is 0 Å². The predicted molar refractivity (Wildman–Crippen MR) is 97.4 cm³/mol. The van der Waals surface area contributed by atoms with Gasteiger partial charge in [-0.05, 0) is 43.9 Å². The van der Waals surface area contributed by atoms with Gasteiger partial charge in [0.15, 0.2) is 0 Å². The monoisotopic (exact) mass is 362 g/mol. The van der Waals surface area contributed by atoms with E-state index in [9.17, 15) is 9.18 Å². The lowest BCUT2D eigenvalue weighted by atomic mass is 9.74. The third-order valence-corrected chi connectivity index (χ3v) is 5.45. The van der Waals surface area contributed by atoms with Gasteiger partial charge >= 0.3 is 0 Å². The Kier molecular flexibility index (Phi) is 5.91. The van der Waals surface area contributed by atoms with E-state index in [-0.39, 0.29) is 23.9 Å². The third-order valence-electron chi connectivity index (χ3n) is 5.45. The van der Waals surface area contributed by atoms with Gasteiger partial charge in [-0.3, -0.25) is 4.79 Å². The Morgan fingerprint density at radius 2 is 2.04 bits per heavy atom. The SMILES string of the molecule is CC[C@@H](C)NC(=O)C1(C[C@@H]2CC(c3ccc(F)cc3)=NO2)CCOCC1. The quantitative estimate of drug-likeness (QED) is 0.843. The minimum Gasteiger partial charge on any atom is -0.392 e.